The van der Waals surface area contributed by atoms with Crippen molar-refractivity contribution in [3.8, 4) is 0 Å². The van der Waals surface area contributed by atoms with Crippen LogP contribution in [0.25, 0.3) is 0 Å². The number of hydrogen-bond donors (Lipinski definition) is 1. The molecular formula is C14H25N3OS. The van der Waals surface area contributed by atoms with Gasteiger partial charge in [-0.25, -0.2) is 4.98 Å². The van der Waals surface area contributed by atoms with Crippen molar-refractivity contribution in [1.29, 1.82) is 0 Å². The molecule has 1 N–H and O–H groups in total. The van der Waals surface area contributed by atoms with Crippen LogP contribution >= 0.6 is 11.3 Å². The monoisotopic (exact) mass is 283 g/mol. The van der Waals surface area contributed by atoms with Gasteiger partial charge >= 0.3 is 0 Å². The van der Waals surface area contributed by atoms with Gasteiger partial charge in [-0.05, 0) is 33.7 Å². The molecule has 1 aromatic heterocycles. The third-order valence-electron chi connectivity index (χ3n) is 3.28. The van der Waals surface area contributed by atoms with E-state index in [4.69, 9.17) is 9.72 Å². The normalized spacial score (nSPS) is 23.9. The summed E-state index contributed by atoms with van der Waals surface area (Å²) in [7, 11) is 0. The molecule has 2 atom stereocenters. The Labute approximate surface area is 120 Å². The number of thiazole rings is 1. The van der Waals surface area contributed by atoms with Crippen LogP contribution in [0.5, 0.6) is 0 Å². The van der Waals surface area contributed by atoms with Crippen LogP contribution in [-0.2, 0) is 11.3 Å². The molecule has 19 heavy (non-hydrogen) atoms. The number of ether oxygens (including phenoxy) is 1. The highest BCUT2D eigenvalue weighted by Crippen LogP contribution is 2.28. The molecule has 1 aliphatic rings. The van der Waals surface area contributed by atoms with Crippen molar-refractivity contribution in [3.05, 3.63) is 10.6 Å². The molecule has 0 saturated carbocycles. The maximum atomic E-state index is 5.78. The Balaban J connectivity index is 2.02. The lowest BCUT2D eigenvalue weighted by molar-refractivity contribution is -0.00523. The summed E-state index contributed by atoms with van der Waals surface area (Å²) in [6.45, 7) is 12.5. The maximum absolute atomic E-state index is 5.78. The molecule has 1 saturated heterocycles. The van der Waals surface area contributed by atoms with Gasteiger partial charge in [0.2, 0.25) is 0 Å². The van der Waals surface area contributed by atoms with E-state index in [2.05, 4.69) is 37.9 Å². The quantitative estimate of drug-likeness (QED) is 0.843. The molecule has 2 rings (SSSR count). The molecule has 1 aliphatic heterocycles. The van der Waals surface area contributed by atoms with Crippen molar-refractivity contribution in [2.24, 2.45) is 0 Å². The smallest absolute Gasteiger partial charge is 0.185 e. The van der Waals surface area contributed by atoms with Crippen molar-refractivity contribution in [3.63, 3.8) is 0 Å². The van der Waals surface area contributed by atoms with Crippen LogP contribution in [0.1, 0.15) is 37.8 Å². The number of aromatic nitrogens is 1. The first-order chi connectivity index (χ1) is 9.10. The molecule has 0 amide bonds. The highest BCUT2D eigenvalue weighted by atomic mass is 32.1. The first-order valence-corrected chi connectivity index (χ1v) is 7.99. The van der Waals surface area contributed by atoms with E-state index in [0.29, 0.717) is 0 Å². The topological polar surface area (TPSA) is 37.4 Å². The summed E-state index contributed by atoms with van der Waals surface area (Å²) in [5, 5.41) is 4.60. The minimum atomic E-state index is 0.287. The summed E-state index contributed by atoms with van der Waals surface area (Å²) >= 11 is 1.82. The Bertz CT molecular complexity index is 397. The number of nitrogens with one attached hydrogen (secondary N) is 1. The molecule has 1 aromatic rings. The van der Waals surface area contributed by atoms with Crippen LogP contribution in [0.3, 0.4) is 0 Å². The van der Waals surface area contributed by atoms with Crippen molar-refractivity contribution in [1.82, 2.24) is 10.3 Å². The second-order valence-electron chi connectivity index (χ2n) is 5.34. The Kier molecular flexibility index (Phi) is 5.19. The molecule has 5 heteroatoms. The fourth-order valence-electron chi connectivity index (χ4n) is 2.42. The van der Waals surface area contributed by atoms with Gasteiger partial charge in [-0.3, -0.25) is 0 Å². The van der Waals surface area contributed by atoms with E-state index in [9.17, 15) is 0 Å². The summed E-state index contributed by atoms with van der Waals surface area (Å²) in [6.07, 6.45) is 1.74. The van der Waals surface area contributed by atoms with Crippen molar-refractivity contribution >= 4 is 16.5 Å². The first kappa shape index (κ1) is 14.8. The summed E-state index contributed by atoms with van der Waals surface area (Å²) in [6, 6.07) is 0. The van der Waals surface area contributed by atoms with E-state index < -0.39 is 0 Å². The molecule has 1 fully saturated rings. The standard InChI is InChI=1S/C14H25N3OS/c1-5-6-15-7-13-12(4)16-14(19-13)17-8-10(2)18-11(3)9-17/h10-11,15H,5-9H2,1-4H3. The summed E-state index contributed by atoms with van der Waals surface area (Å²) < 4.78 is 5.78. The largest absolute Gasteiger partial charge is 0.372 e. The Morgan fingerprint density at radius 1 is 1.37 bits per heavy atom. The fraction of sp³-hybridized carbons (Fsp3) is 0.786. The lowest BCUT2D eigenvalue weighted by atomic mass is 10.2. The average molecular weight is 283 g/mol. The SMILES string of the molecule is CCCNCc1sc(N2CC(C)OC(C)C2)nc1C. The van der Waals surface area contributed by atoms with E-state index in [1.165, 1.54) is 11.3 Å². The van der Waals surface area contributed by atoms with Crippen LogP contribution in [0.4, 0.5) is 5.13 Å². The Morgan fingerprint density at radius 2 is 2.05 bits per heavy atom. The van der Waals surface area contributed by atoms with Crippen molar-refractivity contribution in [2.45, 2.75) is 52.9 Å². The number of aryl methyl sites for hydroxylation is 1. The van der Waals surface area contributed by atoms with Gasteiger partial charge in [-0.2, -0.15) is 0 Å². The van der Waals surface area contributed by atoms with Crippen LogP contribution < -0.4 is 10.2 Å². The minimum Gasteiger partial charge on any atom is -0.372 e. The average Bonchev–Trinajstić information content (AvgIpc) is 2.70. The van der Waals surface area contributed by atoms with Gasteiger partial charge in [-0.1, -0.05) is 6.92 Å². The van der Waals surface area contributed by atoms with E-state index in [1.54, 1.807) is 0 Å². The zero-order chi connectivity index (χ0) is 13.8. The first-order valence-electron chi connectivity index (χ1n) is 7.17. The predicted octanol–water partition coefficient (Wildman–Crippen LogP) is 2.56. The molecule has 108 valence electrons. The molecule has 2 unspecified atom stereocenters. The lowest BCUT2D eigenvalue weighted by Crippen LogP contribution is -2.45. The highest BCUT2D eigenvalue weighted by Gasteiger charge is 2.24. The van der Waals surface area contributed by atoms with E-state index in [1.807, 2.05) is 11.3 Å². The summed E-state index contributed by atoms with van der Waals surface area (Å²) in [5.74, 6) is 0. The molecule has 0 bridgehead atoms. The zero-order valence-corrected chi connectivity index (χ0v) is 13.2. The van der Waals surface area contributed by atoms with Gasteiger partial charge in [0.05, 0.1) is 17.9 Å². The number of morpholine rings is 1. The highest BCUT2D eigenvalue weighted by molar-refractivity contribution is 7.15. The second-order valence-corrected chi connectivity index (χ2v) is 6.41. The molecule has 2 heterocycles. The van der Waals surface area contributed by atoms with Crippen LogP contribution in [0, 0.1) is 6.92 Å². The minimum absolute atomic E-state index is 0.287. The third kappa shape index (κ3) is 3.91. The Morgan fingerprint density at radius 3 is 2.68 bits per heavy atom. The van der Waals surface area contributed by atoms with Gasteiger partial charge in [-0.15, -0.1) is 11.3 Å². The third-order valence-corrected chi connectivity index (χ3v) is 4.50. The summed E-state index contributed by atoms with van der Waals surface area (Å²) in [4.78, 5) is 8.45. The second kappa shape index (κ2) is 6.68. The van der Waals surface area contributed by atoms with Gasteiger partial charge in [0, 0.05) is 24.5 Å². The fourth-order valence-corrected chi connectivity index (χ4v) is 3.47. The van der Waals surface area contributed by atoms with E-state index >= 15 is 0 Å². The summed E-state index contributed by atoms with van der Waals surface area (Å²) in [5.41, 5.74) is 1.16. The number of anilines is 1. The van der Waals surface area contributed by atoms with Crippen molar-refractivity contribution in [2.75, 3.05) is 24.5 Å². The molecule has 0 aromatic carbocycles. The van der Waals surface area contributed by atoms with Crippen LogP contribution in [-0.4, -0.2) is 36.8 Å². The van der Waals surface area contributed by atoms with Gasteiger partial charge < -0.3 is 15.0 Å². The molecule has 0 spiro atoms. The van der Waals surface area contributed by atoms with Crippen LogP contribution in [0.2, 0.25) is 0 Å². The zero-order valence-electron chi connectivity index (χ0n) is 12.4. The number of nitrogens with zero attached hydrogens (tertiary/aromatic N) is 2. The Hall–Kier alpha value is -0.650. The van der Waals surface area contributed by atoms with Gasteiger partial charge in [0.15, 0.2) is 5.13 Å². The van der Waals surface area contributed by atoms with Gasteiger partial charge in [0.25, 0.3) is 0 Å². The predicted molar refractivity (Wildman–Crippen MR) is 81.1 cm³/mol. The number of hydrogen-bond acceptors (Lipinski definition) is 5. The molecule has 0 aliphatic carbocycles. The lowest BCUT2D eigenvalue weighted by Gasteiger charge is -2.35. The van der Waals surface area contributed by atoms with Gasteiger partial charge in [0.1, 0.15) is 0 Å². The van der Waals surface area contributed by atoms with E-state index in [-0.39, 0.29) is 12.2 Å². The molecule has 0 radical (unpaired) electrons. The number of rotatable bonds is 5. The molecular weight excluding hydrogens is 258 g/mol. The van der Waals surface area contributed by atoms with Crippen LogP contribution in [0.15, 0.2) is 0 Å². The molecule has 4 nitrogen and oxygen atoms in total. The van der Waals surface area contributed by atoms with Crippen molar-refractivity contribution < 1.29 is 4.74 Å². The maximum Gasteiger partial charge on any atom is 0.185 e. The van der Waals surface area contributed by atoms with E-state index in [0.717, 1.165) is 37.0 Å².